The standard InChI is InChI=1S/C17H9F5N2O4/c18-12-13(19)15(21)17(16(22)14(12)20)23-10(25)6-27-11(26)5-8-7-3-1-2-4-9(7)28-24-8/h1-4H,5-6H2,(H,23,25). The number of carbonyl (C=O) groups excluding carboxylic acids is 2. The van der Waals surface area contributed by atoms with Crippen molar-refractivity contribution in [2.24, 2.45) is 0 Å². The monoisotopic (exact) mass is 400 g/mol. The molecule has 0 saturated carbocycles. The summed E-state index contributed by atoms with van der Waals surface area (Å²) in [6.45, 7) is -1.02. The van der Waals surface area contributed by atoms with E-state index < -0.39 is 53.3 Å². The number of hydrogen-bond donors (Lipinski definition) is 1. The molecule has 146 valence electrons. The van der Waals surface area contributed by atoms with Gasteiger partial charge in [0.1, 0.15) is 11.4 Å². The van der Waals surface area contributed by atoms with E-state index >= 15 is 0 Å². The number of fused-ring (bicyclic) bond motifs is 1. The molecule has 1 N–H and O–H groups in total. The SMILES string of the molecule is O=C(COC(=O)Cc1noc2ccccc12)Nc1c(F)c(F)c(F)c(F)c1F. The van der Waals surface area contributed by atoms with Crippen LogP contribution in [0.25, 0.3) is 11.0 Å². The molecule has 0 aliphatic carbocycles. The maximum absolute atomic E-state index is 13.5. The number of para-hydroxylation sites is 1. The Morgan fingerprint density at radius 1 is 0.964 bits per heavy atom. The smallest absolute Gasteiger partial charge is 0.312 e. The van der Waals surface area contributed by atoms with E-state index in [1.54, 1.807) is 24.3 Å². The summed E-state index contributed by atoms with van der Waals surface area (Å²) in [7, 11) is 0. The van der Waals surface area contributed by atoms with E-state index in [4.69, 9.17) is 4.52 Å². The fourth-order valence-corrected chi connectivity index (χ4v) is 2.29. The number of amides is 1. The lowest BCUT2D eigenvalue weighted by Gasteiger charge is -2.10. The van der Waals surface area contributed by atoms with Crippen LogP contribution in [0.2, 0.25) is 0 Å². The van der Waals surface area contributed by atoms with Gasteiger partial charge in [-0.15, -0.1) is 0 Å². The van der Waals surface area contributed by atoms with E-state index in [2.05, 4.69) is 9.89 Å². The normalized spacial score (nSPS) is 10.9. The van der Waals surface area contributed by atoms with Crippen molar-refractivity contribution in [1.29, 1.82) is 0 Å². The summed E-state index contributed by atoms with van der Waals surface area (Å²) < 4.78 is 75.8. The van der Waals surface area contributed by atoms with Gasteiger partial charge in [0, 0.05) is 5.39 Å². The minimum atomic E-state index is -2.36. The summed E-state index contributed by atoms with van der Waals surface area (Å²) in [5.74, 6) is -13.5. The van der Waals surface area contributed by atoms with E-state index in [9.17, 15) is 31.5 Å². The second-order valence-corrected chi connectivity index (χ2v) is 5.46. The van der Waals surface area contributed by atoms with Crippen LogP contribution in [0.4, 0.5) is 27.6 Å². The Morgan fingerprint density at radius 3 is 2.25 bits per heavy atom. The number of nitrogens with zero attached hydrogens (tertiary/aromatic N) is 1. The van der Waals surface area contributed by atoms with Crippen molar-refractivity contribution in [2.75, 3.05) is 11.9 Å². The lowest BCUT2D eigenvalue weighted by atomic mass is 10.2. The topological polar surface area (TPSA) is 81.4 Å². The van der Waals surface area contributed by atoms with Gasteiger partial charge in [-0.3, -0.25) is 9.59 Å². The molecule has 3 aromatic rings. The third-order valence-corrected chi connectivity index (χ3v) is 3.60. The fraction of sp³-hybridized carbons (Fsp3) is 0.118. The fourth-order valence-electron chi connectivity index (χ4n) is 2.29. The van der Waals surface area contributed by atoms with Crippen molar-refractivity contribution in [3.8, 4) is 0 Å². The predicted octanol–water partition coefficient (Wildman–Crippen LogP) is 3.25. The van der Waals surface area contributed by atoms with Crippen LogP contribution >= 0.6 is 0 Å². The molecule has 0 aliphatic heterocycles. The number of ether oxygens (including phenoxy) is 1. The molecule has 0 aliphatic rings. The third-order valence-electron chi connectivity index (χ3n) is 3.60. The maximum atomic E-state index is 13.5. The summed E-state index contributed by atoms with van der Waals surface area (Å²) in [5.41, 5.74) is -0.880. The van der Waals surface area contributed by atoms with Gasteiger partial charge in [0.25, 0.3) is 5.91 Å². The highest BCUT2D eigenvalue weighted by Crippen LogP contribution is 2.27. The number of anilines is 1. The molecular weight excluding hydrogens is 391 g/mol. The van der Waals surface area contributed by atoms with Crippen LogP contribution in [-0.4, -0.2) is 23.6 Å². The summed E-state index contributed by atoms with van der Waals surface area (Å²) >= 11 is 0. The van der Waals surface area contributed by atoms with Crippen molar-refractivity contribution in [1.82, 2.24) is 5.16 Å². The molecule has 1 aromatic heterocycles. The van der Waals surface area contributed by atoms with Gasteiger partial charge in [-0.05, 0) is 12.1 Å². The van der Waals surface area contributed by atoms with Crippen molar-refractivity contribution < 1.29 is 40.8 Å². The summed E-state index contributed by atoms with van der Waals surface area (Å²) in [6.07, 6.45) is -0.368. The Labute approximate surface area is 152 Å². The van der Waals surface area contributed by atoms with Gasteiger partial charge in [0.05, 0.1) is 6.42 Å². The molecule has 3 rings (SSSR count). The van der Waals surface area contributed by atoms with Crippen LogP contribution in [-0.2, 0) is 20.7 Å². The Kier molecular flexibility index (Phi) is 5.25. The van der Waals surface area contributed by atoms with Gasteiger partial charge in [0.2, 0.25) is 5.82 Å². The van der Waals surface area contributed by atoms with Crippen molar-refractivity contribution >= 4 is 28.5 Å². The molecule has 1 amide bonds. The zero-order valence-electron chi connectivity index (χ0n) is 13.7. The molecule has 11 heteroatoms. The zero-order valence-corrected chi connectivity index (χ0v) is 13.7. The lowest BCUT2D eigenvalue weighted by molar-refractivity contribution is -0.146. The Bertz CT molecular complexity index is 1050. The molecular formula is C17H9F5N2O4. The number of aromatic nitrogens is 1. The predicted molar refractivity (Wildman–Crippen MR) is 83.5 cm³/mol. The number of nitrogens with one attached hydrogen (secondary N) is 1. The van der Waals surface area contributed by atoms with Crippen molar-refractivity contribution in [2.45, 2.75) is 6.42 Å². The molecule has 2 aromatic carbocycles. The Balaban J connectivity index is 1.63. The van der Waals surface area contributed by atoms with E-state index in [1.807, 2.05) is 0 Å². The van der Waals surface area contributed by atoms with Crippen LogP contribution in [0, 0.1) is 29.1 Å². The second-order valence-electron chi connectivity index (χ2n) is 5.46. The average Bonchev–Trinajstić information content (AvgIpc) is 3.09. The number of halogens is 5. The number of rotatable bonds is 5. The molecule has 28 heavy (non-hydrogen) atoms. The number of hydrogen-bond acceptors (Lipinski definition) is 5. The Morgan fingerprint density at radius 2 is 1.57 bits per heavy atom. The highest BCUT2D eigenvalue weighted by atomic mass is 19.2. The lowest BCUT2D eigenvalue weighted by Crippen LogP contribution is -2.23. The number of benzene rings is 2. The highest BCUT2D eigenvalue weighted by Gasteiger charge is 2.27. The third kappa shape index (κ3) is 3.63. The minimum absolute atomic E-state index is 0.237. The van der Waals surface area contributed by atoms with Crippen LogP contribution < -0.4 is 5.32 Å². The number of esters is 1. The summed E-state index contributed by atoms with van der Waals surface area (Å²) in [6, 6.07) is 6.64. The van der Waals surface area contributed by atoms with E-state index in [1.165, 1.54) is 5.32 Å². The van der Waals surface area contributed by atoms with E-state index in [0.717, 1.165) is 0 Å². The van der Waals surface area contributed by atoms with Gasteiger partial charge >= 0.3 is 5.97 Å². The summed E-state index contributed by atoms with van der Waals surface area (Å²) in [5, 5.41) is 5.72. The average molecular weight is 400 g/mol. The molecule has 0 radical (unpaired) electrons. The molecule has 0 saturated heterocycles. The Hall–Kier alpha value is -3.50. The van der Waals surface area contributed by atoms with Gasteiger partial charge in [-0.2, -0.15) is 0 Å². The molecule has 0 unspecified atom stereocenters. The first-order valence-electron chi connectivity index (χ1n) is 7.59. The molecule has 0 fully saturated rings. The largest absolute Gasteiger partial charge is 0.455 e. The van der Waals surface area contributed by atoms with Crippen LogP contribution in [0.15, 0.2) is 28.8 Å². The van der Waals surface area contributed by atoms with E-state index in [-0.39, 0.29) is 12.1 Å². The minimum Gasteiger partial charge on any atom is -0.455 e. The molecule has 0 bridgehead atoms. The number of carbonyl (C=O) groups is 2. The van der Waals surface area contributed by atoms with Crippen LogP contribution in [0.3, 0.4) is 0 Å². The van der Waals surface area contributed by atoms with Crippen molar-refractivity contribution in [3.63, 3.8) is 0 Å². The molecule has 0 atom stereocenters. The first-order valence-corrected chi connectivity index (χ1v) is 7.59. The van der Waals surface area contributed by atoms with Gasteiger partial charge < -0.3 is 14.6 Å². The van der Waals surface area contributed by atoms with Gasteiger partial charge in [0.15, 0.2) is 35.5 Å². The zero-order chi connectivity index (χ0) is 20.4. The quantitative estimate of drug-likeness (QED) is 0.308. The first kappa shape index (κ1) is 19.3. The molecule has 0 spiro atoms. The van der Waals surface area contributed by atoms with E-state index in [0.29, 0.717) is 11.0 Å². The summed E-state index contributed by atoms with van der Waals surface area (Å²) in [4.78, 5) is 23.4. The van der Waals surface area contributed by atoms with Crippen LogP contribution in [0.1, 0.15) is 5.69 Å². The first-order chi connectivity index (χ1) is 13.3. The molecule has 1 heterocycles. The second kappa shape index (κ2) is 7.62. The molecule has 6 nitrogen and oxygen atoms in total. The van der Waals surface area contributed by atoms with Crippen molar-refractivity contribution in [3.05, 3.63) is 59.0 Å². The van der Waals surface area contributed by atoms with Gasteiger partial charge in [-0.1, -0.05) is 17.3 Å². The van der Waals surface area contributed by atoms with Gasteiger partial charge in [-0.25, -0.2) is 22.0 Å². The maximum Gasteiger partial charge on any atom is 0.312 e. The highest BCUT2D eigenvalue weighted by molar-refractivity contribution is 5.93. The van der Waals surface area contributed by atoms with Crippen LogP contribution in [0.5, 0.6) is 0 Å².